The Balaban J connectivity index is 1.17. The van der Waals surface area contributed by atoms with Gasteiger partial charge in [0.1, 0.15) is 5.82 Å². The Morgan fingerprint density at radius 1 is 1.07 bits per heavy atom. The molecule has 2 bridgehead atoms. The second kappa shape index (κ2) is 7.34. The Morgan fingerprint density at radius 2 is 1.90 bits per heavy atom. The van der Waals surface area contributed by atoms with E-state index in [9.17, 15) is 0 Å². The van der Waals surface area contributed by atoms with Gasteiger partial charge >= 0.3 is 0 Å². The van der Waals surface area contributed by atoms with E-state index >= 15 is 0 Å². The van der Waals surface area contributed by atoms with Crippen LogP contribution in [0.15, 0.2) is 24.3 Å². The van der Waals surface area contributed by atoms with Gasteiger partial charge in [0.05, 0.1) is 11.0 Å². The molecule has 3 saturated carbocycles. The average molecular weight is 407 g/mol. The molecule has 162 valence electrons. The number of hydrogen-bond donors (Lipinski definition) is 1. The molecule has 2 saturated heterocycles. The highest BCUT2D eigenvalue weighted by molar-refractivity contribution is 5.76. The third kappa shape index (κ3) is 3.05. The van der Waals surface area contributed by atoms with Crippen molar-refractivity contribution in [2.75, 3.05) is 32.7 Å². The zero-order chi connectivity index (χ0) is 20.3. The first-order valence-corrected chi connectivity index (χ1v) is 12.5. The van der Waals surface area contributed by atoms with Gasteiger partial charge in [0.25, 0.3) is 0 Å². The number of nitrogens with one attached hydrogen (secondary N) is 1. The van der Waals surface area contributed by atoms with Gasteiger partial charge < -0.3 is 14.8 Å². The molecule has 2 aliphatic heterocycles. The van der Waals surface area contributed by atoms with Crippen LogP contribution in [0.4, 0.5) is 0 Å². The number of nitrogens with zero attached hydrogens (tertiary/aromatic N) is 3. The zero-order valence-electron chi connectivity index (χ0n) is 18.8. The van der Waals surface area contributed by atoms with Crippen LogP contribution >= 0.6 is 0 Å². The highest BCUT2D eigenvalue weighted by Gasteiger charge is 2.54. The minimum Gasteiger partial charge on any atom is -0.324 e. The molecule has 1 aromatic heterocycles. The standard InChI is InChI=1S/C26H38N4/c1-26(2)20-8-7-19(22(26)15-20)17-29-13-10-21(11-14-29)30-24-6-4-3-5-23(24)28-25(30)18-9-12-27-16-18/h3-6,18-22,27H,7-17H2,1-2H3. The van der Waals surface area contributed by atoms with Crippen molar-refractivity contribution in [3.8, 4) is 0 Å². The van der Waals surface area contributed by atoms with Gasteiger partial charge in [-0.3, -0.25) is 0 Å². The molecule has 0 spiro atoms. The van der Waals surface area contributed by atoms with Gasteiger partial charge in [0.15, 0.2) is 0 Å². The van der Waals surface area contributed by atoms with Crippen molar-refractivity contribution in [2.24, 2.45) is 23.2 Å². The Morgan fingerprint density at radius 3 is 2.63 bits per heavy atom. The molecular weight excluding hydrogens is 368 g/mol. The second-order valence-corrected chi connectivity index (χ2v) is 11.2. The molecule has 30 heavy (non-hydrogen) atoms. The van der Waals surface area contributed by atoms with Crippen molar-refractivity contribution >= 4 is 11.0 Å². The Hall–Kier alpha value is -1.39. The third-order valence-corrected chi connectivity index (χ3v) is 9.46. The molecule has 2 aromatic rings. The molecule has 4 unspecified atom stereocenters. The fraction of sp³-hybridized carbons (Fsp3) is 0.731. The SMILES string of the molecule is CC1(C)C2CCC(CN3CCC(n4c(C5CCNC5)nc5ccccc54)CC3)C1C2. The number of hydrogen-bond acceptors (Lipinski definition) is 3. The van der Waals surface area contributed by atoms with E-state index < -0.39 is 0 Å². The molecule has 4 heteroatoms. The topological polar surface area (TPSA) is 33.1 Å². The molecule has 5 fully saturated rings. The van der Waals surface area contributed by atoms with E-state index in [2.05, 4.69) is 52.9 Å². The van der Waals surface area contributed by atoms with Gasteiger partial charge in [-0.25, -0.2) is 4.98 Å². The lowest BCUT2D eigenvalue weighted by atomic mass is 9.45. The van der Waals surface area contributed by atoms with Crippen molar-refractivity contribution in [3.63, 3.8) is 0 Å². The molecule has 0 radical (unpaired) electrons. The lowest BCUT2D eigenvalue weighted by molar-refractivity contribution is -0.112. The summed E-state index contributed by atoms with van der Waals surface area (Å²) in [5.74, 6) is 4.85. The summed E-state index contributed by atoms with van der Waals surface area (Å²) in [7, 11) is 0. The van der Waals surface area contributed by atoms with Gasteiger partial charge in [-0.15, -0.1) is 0 Å². The van der Waals surface area contributed by atoms with Crippen LogP contribution < -0.4 is 5.32 Å². The molecule has 4 atom stereocenters. The Bertz CT molecular complexity index is 899. The van der Waals surface area contributed by atoms with Crippen LogP contribution in [-0.2, 0) is 0 Å². The van der Waals surface area contributed by atoms with Crippen molar-refractivity contribution in [2.45, 2.75) is 64.3 Å². The summed E-state index contributed by atoms with van der Waals surface area (Å²) in [5.41, 5.74) is 3.15. The maximum atomic E-state index is 5.12. The van der Waals surface area contributed by atoms with E-state index in [1.165, 1.54) is 75.0 Å². The normalized spacial score (nSPS) is 34.3. The van der Waals surface area contributed by atoms with E-state index in [-0.39, 0.29) is 0 Å². The molecule has 1 aromatic carbocycles. The van der Waals surface area contributed by atoms with Crippen molar-refractivity contribution < 1.29 is 0 Å². The lowest BCUT2D eigenvalue weighted by Gasteiger charge is -2.61. The van der Waals surface area contributed by atoms with Crippen LogP contribution in [0.2, 0.25) is 0 Å². The van der Waals surface area contributed by atoms with Gasteiger partial charge in [0.2, 0.25) is 0 Å². The first-order chi connectivity index (χ1) is 14.6. The number of fused-ring (bicyclic) bond motifs is 3. The summed E-state index contributed by atoms with van der Waals surface area (Å²) in [6.07, 6.45) is 8.23. The van der Waals surface area contributed by atoms with Crippen LogP contribution in [0.5, 0.6) is 0 Å². The third-order valence-electron chi connectivity index (χ3n) is 9.46. The van der Waals surface area contributed by atoms with Crippen molar-refractivity contribution in [3.05, 3.63) is 30.1 Å². The zero-order valence-corrected chi connectivity index (χ0v) is 18.8. The van der Waals surface area contributed by atoms with E-state index in [0.717, 1.165) is 30.8 Å². The monoisotopic (exact) mass is 406 g/mol. The van der Waals surface area contributed by atoms with E-state index in [4.69, 9.17) is 4.98 Å². The number of para-hydroxylation sites is 2. The molecule has 3 aliphatic carbocycles. The van der Waals surface area contributed by atoms with Crippen LogP contribution in [0, 0.1) is 23.2 Å². The first kappa shape index (κ1) is 19.3. The molecule has 5 aliphatic rings. The van der Waals surface area contributed by atoms with Gasteiger partial charge in [-0.05, 0) is 80.4 Å². The summed E-state index contributed by atoms with van der Waals surface area (Å²) < 4.78 is 2.64. The summed E-state index contributed by atoms with van der Waals surface area (Å²) in [5, 5.41) is 3.55. The Kier molecular flexibility index (Phi) is 4.72. The highest BCUT2D eigenvalue weighted by atomic mass is 15.2. The van der Waals surface area contributed by atoms with Crippen LogP contribution in [-0.4, -0.2) is 47.2 Å². The van der Waals surface area contributed by atoms with Gasteiger partial charge in [-0.1, -0.05) is 26.0 Å². The predicted molar refractivity (Wildman–Crippen MR) is 123 cm³/mol. The number of benzene rings is 1. The number of piperidine rings is 1. The van der Waals surface area contributed by atoms with E-state index in [1.54, 1.807) is 0 Å². The molecule has 4 nitrogen and oxygen atoms in total. The molecule has 3 heterocycles. The molecule has 0 amide bonds. The van der Waals surface area contributed by atoms with E-state index in [0.29, 0.717) is 17.4 Å². The second-order valence-electron chi connectivity index (χ2n) is 11.2. The van der Waals surface area contributed by atoms with Crippen molar-refractivity contribution in [1.29, 1.82) is 0 Å². The molecular formula is C26H38N4. The van der Waals surface area contributed by atoms with Gasteiger partial charge in [-0.2, -0.15) is 0 Å². The van der Waals surface area contributed by atoms with E-state index in [1.807, 2.05) is 0 Å². The first-order valence-electron chi connectivity index (χ1n) is 12.5. The number of rotatable bonds is 4. The number of imidazole rings is 1. The summed E-state index contributed by atoms with van der Waals surface area (Å²) in [6.45, 7) is 11.1. The summed E-state index contributed by atoms with van der Waals surface area (Å²) >= 11 is 0. The quantitative estimate of drug-likeness (QED) is 0.790. The highest BCUT2D eigenvalue weighted by Crippen LogP contribution is 2.61. The van der Waals surface area contributed by atoms with Crippen LogP contribution in [0.1, 0.15) is 70.2 Å². The van der Waals surface area contributed by atoms with Crippen LogP contribution in [0.25, 0.3) is 11.0 Å². The minimum absolute atomic E-state index is 0.575. The maximum absolute atomic E-state index is 5.12. The fourth-order valence-electron chi connectivity index (χ4n) is 7.48. The fourth-order valence-corrected chi connectivity index (χ4v) is 7.48. The van der Waals surface area contributed by atoms with Crippen LogP contribution in [0.3, 0.4) is 0 Å². The van der Waals surface area contributed by atoms with Gasteiger partial charge in [0, 0.05) is 38.1 Å². The lowest BCUT2D eigenvalue weighted by Crippen LogP contribution is -2.55. The number of likely N-dealkylation sites (tertiary alicyclic amines) is 1. The minimum atomic E-state index is 0.575. The largest absolute Gasteiger partial charge is 0.324 e. The molecule has 7 rings (SSSR count). The smallest absolute Gasteiger partial charge is 0.114 e. The predicted octanol–water partition coefficient (Wildman–Crippen LogP) is 4.82. The summed E-state index contributed by atoms with van der Waals surface area (Å²) in [6, 6.07) is 9.42. The Labute approximate surface area is 181 Å². The maximum Gasteiger partial charge on any atom is 0.114 e. The number of aromatic nitrogens is 2. The molecule has 1 N–H and O–H groups in total. The van der Waals surface area contributed by atoms with Crippen molar-refractivity contribution in [1.82, 2.24) is 19.8 Å². The average Bonchev–Trinajstić information content (AvgIpc) is 3.42. The summed E-state index contributed by atoms with van der Waals surface area (Å²) in [4.78, 5) is 7.92.